The minimum atomic E-state index is 0.320. The van der Waals surface area contributed by atoms with Crippen LogP contribution >= 0.6 is 0 Å². The Morgan fingerprint density at radius 1 is 1.10 bits per heavy atom. The second kappa shape index (κ2) is 5.87. The molecule has 4 unspecified atom stereocenters. The van der Waals surface area contributed by atoms with Crippen molar-refractivity contribution in [2.45, 2.75) is 57.9 Å². The summed E-state index contributed by atoms with van der Waals surface area (Å²) >= 11 is 0. The second-order valence-electron chi connectivity index (χ2n) is 7.21. The predicted octanol–water partition coefficient (Wildman–Crippen LogP) is 4.14. The fourth-order valence-corrected chi connectivity index (χ4v) is 4.38. The van der Waals surface area contributed by atoms with Crippen molar-refractivity contribution in [3.8, 4) is 0 Å². The Morgan fingerprint density at radius 2 is 1.80 bits per heavy atom. The van der Waals surface area contributed by atoms with Gasteiger partial charge in [-0.15, -0.1) is 0 Å². The Balaban J connectivity index is 1.66. The first kappa shape index (κ1) is 14.1. The van der Waals surface area contributed by atoms with E-state index in [1.165, 1.54) is 43.2 Å². The van der Waals surface area contributed by atoms with Crippen LogP contribution in [0.1, 0.15) is 69.0 Å². The van der Waals surface area contributed by atoms with Crippen LogP contribution < -0.4 is 11.3 Å². The zero-order valence-corrected chi connectivity index (χ0v) is 12.8. The lowest BCUT2D eigenvalue weighted by molar-refractivity contribution is 0.280. The van der Waals surface area contributed by atoms with Crippen molar-refractivity contribution in [2.75, 3.05) is 0 Å². The first-order valence-corrected chi connectivity index (χ1v) is 8.23. The van der Waals surface area contributed by atoms with Gasteiger partial charge in [-0.25, -0.2) is 0 Å². The number of hydrogen-bond donors (Lipinski definition) is 2. The molecule has 0 radical (unpaired) electrons. The maximum atomic E-state index is 5.83. The molecule has 3 rings (SSSR count). The molecule has 0 spiro atoms. The molecule has 2 fully saturated rings. The van der Waals surface area contributed by atoms with Crippen LogP contribution in [-0.2, 0) is 0 Å². The lowest BCUT2D eigenvalue weighted by Crippen LogP contribution is -2.30. The summed E-state index contributed by atoms with van der Waals surface area (Å²) in [4.78, 5) is 0. The highest BCUT2D eigenvalue weighted by atomic mass is 15.2. The molecule has 3 N–H and O–H groups in total. The number of benzene rings is 1. The highest BCUT2D eigenvalue weighted by Crippen LogP contribution is 2.50. The van der Waals surface area contributed by atoms with E-state index in [9.17, 15) is 0 Å². The molecule has 2 nitrogen and oxygen atoms in total. The molecule has 20 heavy (non-hydrogen) atoms. The number of hydrogen-bond acceptors (Lipinski definition) is 2. The maximum absolute atomic E-state index is 5.83. The van der Waals surface area contributed by atoms with Crippen molar-refractivity contribution in [3.63, 3.8) is 0 Å². The molecular weight excluding hydrogens is 244 g/mol. The van der Waals surface area contributed by atoms with Gasteiger partial charge in [0.1, 0.15) is 0 Å². The van der Waals surface area contributed by atoms with Gasteiger partial charge in [0.2, 0.25) is 0 Å². The minimum absolute atomic E-state index is 0.320. The average Bonchev–Trinajstić information content (AvgIpc) is 3.07. The molecule has 2 aliphatic rings. The molecule has 4 atom stereocenters. The molecule has 0 saturated heterocycles. The SMILES string of the molecule is CC(C)c1ccc(C(CC2CC3CCC2C3)NN)cc1. The molecule has 0 aliphatic heterocycles. The van der Waals surface area contributed by atoms with Crippen molar-refractivity contribution >= 4 is 0 Å². The van der Waals surface area contributed by atoms with E-state index in [1.807, 2.05) is 0 Å². The number of nitrogens with two attached hydrogens (primary N) is 1. The summed E-state index contributed by atoms with van der Waals surface area (Å²) in [5.74, 6) is 9.31. The van der Waals surface area contributed by atoms with Crippen LogP contribution in [0.3, 0.4) is 0 Å². The zero-order valence-electron chi connectivity index (χ0n) is 12.8. The first-order valence-electron chi connectivity index (χ1n) is 8.23. The maximum Gasteiger partial charge on any atom is 0.0462 e. The van der Waals surface area contributed by atoms with Crippen molar-refractivity contribution in [2.24, 2.45) is 23.6 Å². The summed E-state index contributed by atoms with van der Waals surface area (Å²) in [6.45, 7) is 4.48. The summed E-state index contributed by atoms with van der Waals surface area (Å²) in [7, 11) is 0. The number of hydrazine groups is 1. The first-order chi connectivity index (χ1) is 9.67. The standard InChI is InChI=1S/C18H28N2/c1-12(2)14-5-7-15(8-6-14)18(20-19)11-17-10-13-3-4-16(17)9-13/h5-8,12-13,16-18,20H,3-4,9-11,19H2,1-2H3. The van der Waals surface area contributed by atoms with E-state index in [1.54, 1.807) is 0 Å². The number of nitrogens with one attached hydrogen (secondary N) is 1. The van der Waals surface area contributed by atoms with Crippen molar-refractivity contribution in [1.29, 1.82) is 0 Å². The third-order valence-electron chi connectivity index (χ3n) is 5.63. The highest BCUT2D eigenvalue weighted by Gasteiger charge is 2.40. The van der Waals surface area contributed by atoms with Gasteiger partial charge in [0, 0.05) is 6.04 Å². The van der Waals surface area contributed by atoms with Crippen molar-refractivity contribution in [1.82, 2.24) is 5.43 Å². The third kappa shape index (κ3) is 2.77. The molecule has 2 saturated carbocycles. The summed E-state index contributed by atoms with van der Waals surface area (Å²) in [5, 5.41) is 0. The zero-order chi connectivity index (χ0) is 14.1. The monoisotopic (exact) mass is 272 g/mol. The third-order valence-corrected chi connectivity index (χ3v) is 5.63. The van der Waals surface area contributed by atoms with E-state index in [-0.39, 0.29) is 0 Å². The molecule has 2 heteroatoms. The topological polar surface area (TPSA) is 38.0 Å². The minimum Gasteiger partial charge on any atom is -0.271 e. The van der Waals surface area contributed by atoms with E-state index in [0.29, 0.717) is 12.0 Å². The van der Waals surface area contributed by atoms with Gasteiger partial charge >= 0.3 is 0 Å². The van der Waals surface area contributed by atoms with Crippen LogP contribution in [0.5, 0.6) is 0 Å². The summed E-state index contributed by atoms with van der Waals surface area (Å²) in [6, 6.07) is 9.34. The Bertz CT molecular complexity index is 437. The van der Waals surface area contributed by atoms with E-state index < -0.39 is 0 Å². The molecule has 1 aromatic rings. The fourth-order valence-electron chi connectivity index (χ4n) is 4.38. The van der Waals surface area contributed by atoms with Gasteiger partial charge in [0.05, 0.1) is 0 Å². The van der Waals surface area contributed by atoms with Gasteiger partial charge in [-0.1, -0.05) is 44.5 Å². The summed E-state index contributed by atoms with van der Waals surface area (Å²) in [6.07, 6.45) is 7.06. The van der Waals surface area contributed by atoms with E-state index in [0.717, 1.165) is 17.8 Å². The molecule has 0 amide bonds. The lowest BCUT2D eigenvalue weighted by Gasteiger charge is -2.26. The molecule has 2 bridgehead atoms. The van der Waals surface area contributed by atoms with E-state index >= 15 is 0 Å². The Kier molecular flexibility index (Phi) is 4.13. The summed E-state index contributed by atoms with van der Waals surface area (Å²) in [5.41, 5.74) is 5.81. The van der Waals surface area contributed by atoms with Crippen molar-refractivity contribution < 1.29 is 0 Å². The van der Waals surface area contributed by atoms with Gasteiger partial charge in [-0.3, -0.25) is 11.3 Å². The van der Waals surface area contributed by atoms with Crippen LogP contribution in [0.2, 0.25) is 0 Å². The number of rotatable bonds is 5. The summed E-state index contributed by atoms with van der Waals surface area (Å²) < 4.78 is 0. The lowest BCUT2D eigenvalue weighted by atomic mass is 9.82. The van der Waals surface area contributed by atoms with Gasteiger partial charge in [0.15, 0.2) is 0 Å². The molecule has 2 aliphatic carbocycles. The Hall–Kier alpha value is -0.860. The highest BCUT2D eigenvalue weighted by molar-refractivity contribution is 5.27. The second-order valence-corrected chi connectivity index (χ2v) is 7.21. The molecule has 1 aromatic carbocycles. The van der Waals surface area contributed by atoms with Crippen LogP contribution in [0.4, 0.5) is 0 Å². The van der Waals surface area contributed by atoms with Crippen molar-refractivity contribution in [3.05, 3.63) is 35.4 Å². The van der Waals surface area contributed by atoms with Gasteiger partial charge in [-0.05, 0) is 60.5 Å². The van der Waals surface area contributed by atoms with Crippen LogP contribution in [0.15, 0.2) is 24.3 Å². The molecule has 0 heterocycles. The smallest absolute Gasteiger partial charge is 0.0462 e. The van der Waals surface area contributed by atoms with Gasteiger partial charge in [0.25, 0.3) is 0 Å². The Labute approximate surface area is 123 Å². The number of fused-ring (bicyclic) bond motifs is 2. The quantitative estimate of drug-likeness (QED) is 0.624. The largest absolute Gasteiger partial charge is 0.271 e. The van der Waals surface area contributed by atoms with Gasteiger partial charge in [-0.2, -0.15) is 0 Å². The van der Waals surface area contributed by atoms with E-state index in [2.05, 4.69) is 43.5 Å². The van der Waals surface area contributed by atoms with Crippen LogP contribution in [-0.4, -0.2) is 0 Å². The fraction of sp³-hybridized carbons (Fsp3) is 0.667. The molecular formula is C18H28N2. The van der Waals surface area contributed by atoms with Gasteiger partial charge < -0.3 is 0 Å². The average molecular weight is 272 g/mol. The van der Waals surface area contributed by atoms with E-state index in [4.69, 9.17) is 5.84 Å². The Morgan fingerprint density at radius 3 is 2.30 bits per heavy atom. The normalized spacial score (nSPS) is 30.1. The van der Waals surface area contributed by atoms with Crippen LogP contribution in [0, 0.1) is 17.8 Å². The van der Waals surface area contributed by atoms with Crippen LogP contribution in [0.25, 0.3) is 0 Å². The molecule has 110 valence electrons. The molecule has 0 aromatic heterocycles. The predicted molar refractivity (Wildman–Crippen MR) is 84.2 cm³/mol.